The minimum absolute atomic E-state index is 0.0977. The first-order valence-electron chi connectivity index (χ1n) is 4.94. The Balaban J connectivity index is 2.63. The summed E-state index contributed by atoms with van der Waals surface area (Å²) in [7, 11) is 0. The lowest BCUT2D eigenvalue weighted by atomic mass is 10.0. The highest BCUT2D eigenvalue weighted by Gasteiger charge is 2.57. The van der Waals surface area contributed by atoms with Crippen LogP contribution < -0.4 is 0 Å². The van der Waals surface area contributed by atoms with Crippen LogP contribution in [-0.4, -0.2) is 33.0 Å². The Morgan fingerprint density at radius 2 is 1.79 bits per heavy atom. The zero-order valence-electron chi connectivity index (χ0n) is 9.09. The molecule has 0 spiro atoms. The maximum Gasteiger partial charge on any atom is 0.426 e. The van der Waals surface area contributed by atoms with Crippen LogP contribution in [0.4, 0.5) is 13.2 Å². The van der Waals surface area contributed by atoms with Gasteiger partial charge in [-0.2, -0.15) is 13.2 Å². The molecule has 0 saturated carbocycles. The van der Waals surface area contributed by atoms with E-state index in [1.54, 1.807) is 0 Å². The predicted molar refractivity (Wildman–Crippen MR) is 63.2 cm³/mol. The Bertz CT molecular complexity index is 590. The molecule has 9 heteroatoms. The van der Waals surface area contributed by atoms with Crippen LogP contribution in [-0.2, 0) is 5.60 Å². The molecule has 19 heavy (non-hydrogen) atoms. The fourth-order valence-electron chi connectivity index (χ4n) is 1.50. The van der Waals surface area contributed by atoms with Gasteiger partial charge < -0.3 is 15.2 Å². The van der Waals surface area contributed by atoms with E-state index < -0.39 is 24.2 Å². The number of hydrogen-bond donors (Lipinski definition) is 3. The Morgan fingerprint density at radius 1 is 1.21 bits per heavy atom. The molecule has 0 bridgehead atoms. The first-order chi connectivity index (χ1) is 8.69. The van der Waals surface area contributed by atoms with Crippen molar-refractivity contribution in [2.24, 2.45) is 0 Å². The van der Waals surface area contributed by atoms with Crippen LogP contribution >= 0.6 is 23.2 Å². The van der Waals surface area contributed by atoms with E-state index in [2.05, 4.69) is 9.97 Å². The molecule has 0 amide bonds. The Hall–Kier alpha value is -1.02. The number of hydrogen-bond acceptors (Lipinski definition) is 3. The van der Waals surface area contributed by atoms with Gasteiger partial charge in [0.1, 0.15) is 0 Å². The highest BCUT2D eigenvalue weighted by Crippen LogP contribution is 2.38. The van der Waals surface area contributed by atoms with Crippen molar-refractivity contribution in [2.75, 3.05) is 6.61 Å². The van der Waals surface area contributed by atoms with Gasteiger partial charge in [0, 0.05) is 0 Å². The largest absolute Gasteiger partial charge is 0.426 e. The number of aliphatic hydroxyl groups excluding tert-OH is 1. The summed E-state index contributed by atoms with van der Waals surface area (Å²) in [6.07, 6.45) is -5.08. The van der Waals surface area contributed by atoms with Crippen molar-refractivity contribution in [1.82, 2.24) is 9.97 Å². The molecule has 2 rings (SSSR count). The van der Waals surface area contributed by atoms with Crippen LogP contribution in [0, 0.1) is 0 Å². The number of nitrogens with one attached hydrogen (secondary N) is 1. The van der Waals surface area contributed by atoms with E-state index in [9.17, 15) is 18.3 Å². The van der Waals surface area contributed by atoms with E-state index in [1.165, 1.54) is 12.1 Å². The SMILES string of the molecule is OCC(O)(c1nc2cc(Cl)c(Cl)cc2[nH]1)C(F)(F)F. The van der Waals surface area contributed by atoms with E-state index in [0.29, 0.717) is 0 Å². The lowest BCUT2D eigenvalue weighted by Crippen LogP contribution is -2.46. The Labute approximate surface area is 114 Å². The van der Waals surface area contributed by atoms with Crippen molar-refractivity contribution in [1.29, 1.82) is 0 Å². The summed E-state index contributed by atoms with van der Waals surface area (Å²) < 4.78 is 38.3. The number of imidazole rings is 1. The standard InChI is InChI=1S/C10H7Cl2F3N2O2/c11-4-1-6-7(2-5(4)12)17-8(16-6)9(19,3-18)10(13,14)15/h1-2,18-19H,3H2,(H,16,17). The van der Waals surface area contributed by atoms with E-state index in [0.717, 1.165) is 0 Å². The molecule has 0 aliphatic heterocycles. The van der Waals surface area contributed by atoms with Crippen LogP contribution in [0.1, 0.15) is 5.82 Å². The zero-order valence-corrected chi connectivity index (χ0v) is 10.6. The summed E-state index contributed by atoms with van der Waals surface area (Å²) >= 11 is 11.4. The summed E-state index contributed by atoms with van der Waals surface area (Å²) in [5.41, 5.74) is -3.20. The first kappa shape index (κ1) is 14.4. The maximum atomic E-state index is 12.8. The maximum absolute atomic E-state index is 12.8. The van der Waals surface area contributed by atoms with E-state index in [1.807, 2.05) is 0 Å². The molecular formula is C10H7Cl2F3N2O2. The Kier molecular flexibility index (Phi) is 3.42. The summed E-state index contributed by atoms with van der Waals surface area (Å²) in [5.74, 6) is -0.823. The van der Waals surface area contributed by atoms with Crippen molar-refractivity contribution >= 4 is 34.2 Å². The third kappa shape index (κ3) is 2.27. The van der Waals surface area contributed by atoms with Gasteiger partial charge >= 0.3 is 6.18 Å². The molecule has 2 aromatic rings. The highest BCUT2D eigenvalue weighted by atomic mass is 35.5. The number of nitrogens with zero attached hydrogens (tertiary/aromatic N) is 1. The second kappa shape index (κ2) is 4.52. The summed E-state index contributed by atoms with van der Waals surface area (Å²) in [4.78, 5) is 5.87. The molecular weight excluding hydrogens is 308 g/mol. The smallest absolute Gasteiger partial charge is 0.393 e. The number of halogens is 5. The van der Waals surface area contributed by atoms with Gasteiger partial charge in [-0.3, -0.25) is 0 Å². The molecule has 0 saturated heterocycles. The molecule has 0 aliphatic rings. The van der Waals surface area contributed by atoms with Gasteiger partial charge in [-0.25, -0.2) is 4.98 Å². The molecule has 1 unspecified atom stereocenters. The van der Waals surface area contributed by atoms with Crippen molar-refractivity contribution < 1.29 is 23.4 Å². The van der Waals surface area contributed by atoms with E-state index in [-0.39, 0.29) is 21.1 Å². The predicted octanol–water partition coefficient (Wildman–Crippen LogP) is 2.61. The van der Waals surface area contributed by atoms with Crippen LogP contribution in [0.3, 0.4) is 0 Å². The lowest BCUT2D eigenvalue weighted by molar-refractivity contribution is -0.280. The molecule has 1 aromatic heterocycles. The second-order valence-corrected chi connectivity index (χ2v) is 4.70. The quantitative estimate of drug-likeness (QED) is 0.798. The molecule has 0 fully saturated rings. The van der Waals surface area contributed by atoms with Crippen molar-refractivity contribution in [2.45, 2.75) is 11.8 Å². The monoisotopic (exact) mass is 314 g/mol. The molecule has 3 N–H and O–H groups in total. The number of alkyl halides is 3. The fraction of sp³-hybridized carbons (Fsp3) is 0.300. The van der Waals surface area contributed by atoms with Crippen LogP contribution in [0.5, 0.6) is 0 Å². The minimum atomic E-state index is -5.08. The minimum Gasteiger partial charge on any atom is -0.393 e. The molecule has 4 nitrogen and oxygen atoms in total. The lowest BCUT2D eigenvalue weighted by Gasteiger charge is -2.25. The number of fused-ring (bicyclic) bond motifs is 1. The molecule has 1 aromatic carbocycles. The van der Waals surface area contributed by atoms with Crippen LogP contribution in [0.25, 0.3) is 11.0 Å². The number of rotatable bonds is 2. The van der Waals surface area contributed by atoms with Gasteiger partial charge in [-0.05, 0) is 12.1 Å². The van der Waals surface area contributed by atoms with Gasteiger partial charge in [0.05, 0.1) is 27.7 Å². The zero-order chi connectivity index (χ0) is 14.4. The molecule has 104 valence electrons. The van der Waals surface area contributed by atoms with Gasteiger partial charge in [-0.1, -0.05) is 23.2 Å². The summed E-state index contributed by atoms with van der Waals surface area (Å²) in [5, 5.41) is 18.6. The van der Waals surface area contributed by atoms with Crippen LogP contribution in [0.2, 0.25) is 10.0 Å². The number of H-pyrrole nitrogens is 1. The van der Waals surface area contributed by atoms with Crippen molar-refractivity contribution in [3.05, 3.63) is 28.0 Å². The molecule has 0 aliphatic carbocycles. The van der Waals surface area contributed by atoms with Gasteiger partial charge in [0.2, 0.25) is 5.60 Å². The number of aliphatic hydroxyl groups is 2. The summed E-state index contributed by atoms with van der Waals surface area (Å²) in [6.45, 7) is -1.56. The second-order valence-electron chi connectivity index (χ2n) is 3.89. The normalized spacial score (nSPS) is 15.7. The average molecular weight is 315 g/mol. The van der Waals surface area contributed by atoms with Gasteiger partial charge in [-0.15, -0.1) is 0 Å². The topological polar surface area (TPSA) is 69.1 Å². The molecule has 1 heterocycles. The van der Waals surface area contributed by atoms with Crippen molar-refractivity contribution in [3.8, 4) is 0 Å². The van der Waals surface area contributed by atoms with Crippen molar-refractivity contribution in [3.63, 3.8) is 0 Å². The van der Waals surface area contributed by atoms with Gasteiger partial charge in [0.15, 0.2) is 5.82 Å². The Morgan fingerprint density at radius 3 is 2.32 bits per heavy atom. The molecule has 0 radical (unpaired) electrons. The first-order valence-corrected chi connectivity index (χ1v) is 5.70. The third-order valence-electron chi connectivity index (χ3n) is 2.61. The number of benzene rings is 1. The summed E-state index contributed by atoms with van der Waals surface area (Å²) in [6, 6.07) is 2.54. The van der Waals surface area contributed by atoms with Crippen LogP contribution in [0.15, 0.2) is 12.1 Å². The highest BCUT2D eigenvalue weighted by molar-refractivity contribution is 6.42. The number of aromatic amines is 1. The number of aromatic nitrogens is 2. The van der Waals surface area contributed by atoms with E-state index >= 15 is 0 Å². The van der Waals surface area contributed by atoms with E-state index in [4.69, 9.17) is 28.3 Å². The average Bonchev–Trinajstić information content (AvgIpc) is 2.70. The fourth-order valence-corrected chi connectivity index (χ4v) is 1.82. The molecule has 1 atom stereocenters. The van der Waals surface area contributed by atoms with Gasteiger partial charge in [0.25, 0.3) is 0 Å². The third-order valence-corrected chi connectivity index (χ3v) is 3.34.